The largest absolute Gasteiger partial charge is 0.472 e. The second-order valence-electron chi connectivity index (χ2n) is 17.5. The van der Waals surface area contributed by atoms with Crippen LogP contribution in [-0.4, -0.2) is 73.4 Å². The number of nitrogens with one attached hydrogen (secondary N) is 1. The molecule has 0 spiro atoms. The minimum Gasteiger partial charge on any atom is -0.387 e. The molecule has 1 amide bonds. The number of nitrogens with zero attached hydrogens (tertiary/aromatic N) is 1. The quantitative estimate of drug-likeness (QED) is 0.0244. The number of aliphatic hydroxyl groups is 1. The standard InChI is InChI=1S/C54H93N2O6P/c1-6-8-10-12-14-16-18-19-20-21-22-23-24-25-26-27-28-29-30-31-32-33-34-35-36-37-38-40-42-44-46-48-54(58)55-52(51-62-63(59,60)61-50-49-56(3,4)5)53(57)47-45-43-41-39-17-15-13-11-9-7-2/h8,10,14,16,19-20,22-23,25-26,28-29,31-32,34-35,45,47,52-53,57H,6-7,9,11-13,15,17-18,21,24,27,30,33,36-44,46,48-51H2,1-5H3,(H-,55,58,59,60)/p+1/b10-8-,16-14-,20-19-,23-22-,26-25-,29-28-,32-31-,35-34-,47-45+. The van der Waals surface area contributed by atoms with Crippen molar-refractivity contribution in [1.29, 1.82) is 0 Å². The highest BCUT2D eigenvalue weighted by molar-refractivity contribution is 7.47. The van der Waals surface area contributed by atoms with Gasteiger partial charge in [-0.15, -0.1) is 0 Å². The van der Waals surface area contributed by atoms with E-state index in [4.69, 9.17) is 9.05 Å². The molecule has 0 bridgehead atoms. The maximum atomic E-state index is 12.9. The molecule has 8 nitrogen and oxygen atoms in total. The van der Waals surface area contributed by atoms with Crippen LogP contribution in [0.3, 0.4) is 0 Å². The molecule has 0 aliphatic carbocycles. The fraction of sp³-hybridized carbons (Fsp3) is 0.648. The van der Waals surface area contributed by atoms with Crippen molar-refractivity contribution in [3.8, 4) is 0 Å². The summed E-state index contributed by atoms with van der Waals surface area (Å²) in [6.45, 7) is 4.64. The predicted octanol–water partition coefficient (Wildman–Crippen LogP) is 14.5. The number of hydrogen-bond donors (Lipinski definition) is 3. The monoisotopic (exact) mass is 898 g/mol. The van der Waals surface area contributed by atoms with Crippen molar-refractivity contribution >= 4 is 13.7 Å². The predicted molar refractivity (Wildman–Crippen MR) is 272 cm³/mol. The van der Waals surface area contributed by atoms with E-state index in [1.807, 2.05) is 27.2 Å². The van der Waals surface area contributed by atoms with Gasteiger partial charge in [0.25, 0.3) is 0 Å². The second kappa shape index (κ2) is 44.4. The first-order valence-electron chi connectivity index (χ1n) is 24.8. The lowest BCUT2D eigenvalue weighted by Gasteiger charge is -2.25. The average molecular weight is 898 g/mol. The van der Waals surface area contributed by atoms with Crippen LogP contribution >= 0.6 is 7.82 Å². The van der Waals surface area contributed by atoms with Gasteiger partial charge in [0.05, 0.1) is 39.9 Å². The topological polar surface area (TPSA) is 105 Å². The van der Waals surface area contributed by atoms with E-state index in [-0.39, 0.29) is 19.1 Å². The molecule has 0 saturated heterocycles. The van der Waals surface area contributed by atoms with Crippen molar-refractivity contribution in [3.63, 3.8) is 0 Å². The minimum atomic E-state index is -4.35. The first-order valence-corrected chi connectivity index (χ1v) is 26.3. The summed E-state index contributed by atoms with van der Waals surface area (Å²) in [4.78, 5) is 23.1. The SMILES string of the molecule is CC/C=C\C/C=C\C/C=C\C/C=C\C/C=C\C/C=C\C/C=C\C/C=C\CCCCCCCCC(=O)NC(COP(=O)(O)OCC[N+](C)(C)C)C(O)/C=C/CCCCCCCCCC. The summed E-state index contributed by atoms with van der Waals surface area (Å²) in [5.74, 6) is -0.200. The van der Waals surface area contributed by atoms with Gasteiger partial charge in [0.1, 0.15) is 13.2 Å². The molecule has 0 radical (unpaired) electrons. The zero-order valence-corrected chi connectivity index (χ0v) is 41.7. The molecule has 63 heavy (non-hydrogen) atoms. The van der Waals surface area contributed by atoms with E-state index in [9.17, 15) is 19.4 Å². The van der Waals surface area contributed by atoms with Crippen LogP contribution in [0.15, 0.2) is 109 Å². The minimum absolute atomic E-state index is 0.0521. The number of aliphatic hydroxyl groups excluding tert-OH is 1. The van der Waals surface area contributed by atoms with Crippen molar-refractivity contribution in [2.24, 2.45) is 0 Å². The molecule has 0 fully saturated rings. The summed E-state index contributed by atoms with van der Waals surface area (Å²) < 4.78 is 23.5. The lowest BCUT2D eigenvalue weighted by Crippen LogP contribution is -2.45. The Bertz CT molecular complexity index is 1390. The van der Waals surface area contributed by atoms with Gasteiger partial charge < -0.3 is 19.8 Å². The van der Waals surface area contributed by atoms with E-state index in [0.29, 0.717) is 17.4 Å². The van der Waals surface area contributed by atoms with Gasteiger partial charge in [0, 0.05) is 6.42 Å². The molecule has 0 aromatic rings. The molecule has 0 rings (SSSR count). The summed E-state index contributed by atoms with van der Waals surface area (Å²) >= 11 is 0. The van der Waals surface area contributed by atoms with Crippen LogP contribution in [0.25, 0.3) is 0 Å². The van der Waals surface area contributed by atoms with Crippen LogP contribution in [0.2, 0.25) is 0 Å². The summed E-state index contributed by atoms with van der Waals surface area (Å²) in [5.41, 5.74) is 0. The van der Waals surface area contributed by atoms with Gasteiger partial charge in [0.15, 0.2) is 0 Å². The molecular formula is C54H94N2O6P+. The Morgan fingerprint density at radius 1 is 0.556 bits per heavy atom. The summed E-state index contributed by atoms with van der Waals surface area (Å²) in [7, 11) is 1.54. The fourth-order valence-electron chi connectivity index (χ4n) is 6.35. The van der Waals surface area contributed by atoms with Crippen molar-refractivity contribution in [3.05, 3.63) is 109 Å². The van der Waals surface area contributed by atoms with Gasteiger partial charge in [-0.2, -0.15) is 0 Å². The lowest BCUT2D eigenvalue weighted by molar-refractivity contribution is -0.870. The third kappa shape index (κ3) is 47.0. The Morgan fingerprint density at radius 2 is 0.952 bits per heavy atom. The summed E-state index contributed by atoms with van der Waals surface area (Å²) in [6, 6.07) is -0.860. The molecule has 3 atom stereocenters. The number of carbonyl (C=O) groups is 1. The number of hydrogen-bond acceptors (Lipinski definition) is 5. The highest BCUT2D eigenvalue weighted by atomic mass is 31.2. The first kappa shape index (κ1) is 60.2. The van der Waals surface area contributed by atoms with Crippen LogP contribution < -0.4 is 5.32 Å². The molecule has 360 valence electrons. The third-order valence-corrected chi connectivity index (χ3v) is 11.2. The zero-order chi connectivity index (χ0) is 46.4. The van der Waals surface area contributed by atoms with Crippen LogP contribution in [-0.2, 0) is 18.4 Å². The normalized spacial score (nSPS) is 15.1. The molecular weight excluding hydrogens is 804 g/mol. The van der Waals surface area contributed by atoms with Gasteiger partial charge in [-0.05, 0) is 83.5 Å². The average Bonchev–Trinajstić information content (AvgIpc) is 3.24. The van der Waals surface area contributed by atoms with E-state index in [0.717, 1.165) is 103 Å². The van der Waals surface area contributed by atoms with Crippen molar-refractivity contribution in [2.75, 3.05) is 40.9 Å². The molecule has 0 aromatic carbocycles. The van der Waals surface area contributed by atoms with Crippen LogP contribution in [0.1, 0.15) is 174 Å². The number of carbonyl (C=O) groups excluding carboxylic acids is 1. The number of unbranched alkanes of at least 4 members (excludes halogenated alkanes) is 14. The number of amides is 1. The van der Waals surface area contributed by atoms with Crippen LogP contribution in [0, 0.1) is 0 Å². The summed E-state index contributed by atoms with van der Waals surface area (Å²) in [5, 5.41) is 13.8. The molecule has 3 unspecified atom stereocenters. The number of allylic oxidation sites excluding steroid dienone is 17. The highest BCUT2D eigenvalue weighted by Crippen LogP contribution is 2.43. The Labute approximate surface area is 387 Å². The lowest BCUT2D eigenvalue weighted by atomic mass is 10.1. The molecule has 0 saturated carbocycles. The Kier molecular flexibility index (Phi) is 42.4. The van der Waals surface area contributed by atoms with Gasteiger partial charge in [-0.1, -0.05) is 194 Å². The number of phosphoric ester groups is 1. The molecule has 0 aliphatic heterocycles. The Balaban J connectivity index is 4.24. The van der Waals surface area contributed by atoms with Crippen LogP contribution in [0.5, 0.6) is 0 Å². The Morgan fingerprint density at radius 3 is 1.40 bits per heavy atom. The molecule has 0 heterocycles. The van der Waals surface area contributed by atoms with Gasteiger partial charge in [0.2, 0.25) is 5.91 Å². The molecule has 9 heteroatoms. The molecule has 0 aliphatic rings. The van der Waals surface area contributed by atoms with Crippen molar-refractivity contribution in [1.82, 2.24) is 5.32 Å². The van der Waals surface area contributed by atoms with Gasteiger partial charge in [-0.25, -0.2) is 4.57 Å². The number of phosphoric acid groups is 1. The van der Waals surface area contributed by atoms with Crippen molar-refractivity contribution in [2.45, 2.75) is 187 Å². The van der Waals surface area contributed by atoms with E-state index >= 15 is 0 Å². The van der Waals surface area contributed by atoms with E-state index in [2.05, 4.69) is 116 Å². The Hall–Kier alpha value is -2.84. The van der Waals surface area contributed by atoms with E-state index < -0.39 is 20.0 Å². The van der Waals surface area contributed by atoms with Crippen LogP contribution in [0.4, 0.5) is 0 Å². The maximum absolute atomic E-state index is 12.9. The smallest absolute Gasteiger partial charge is 0.387 e. The van der Waals surface area contributed by atoms with Crippen molar-refractivity contribution < 1.29 is 32.9 Å². The van der Waals surface area contributed by atoms with E-state index in [1.54, 1.807) is 6.08 Å². The highest BCUT2D eigenvalue weighted by Gasteiger charge is 2.27. The third-order valence-electron chi connectivity index (χ3n) is 10.2. The number of rotatable bonds is 43. The fourth-order valence-corrected chi connectivity index (χ4v) is 7.08. The maximum Gasteiger partial charge on any atom is 0.472 e. The van der Waals surface area contributed by atoms with Gasteiger partial charge in [-0.3, -0.25) is 13.8 Å². The number of likely N-dealkylation sites (N-methyl/N-ethyl adjacent to an activating group) is 1. The van der Waals surface area contributed by atoms with Gasteiger partial charge >= 0.3 is 7.82 Å². The molecule has 0 aromatic heterocycles. The van der Waals surface area contributed by atoms with E-state index in [1.165, 1.54) is 51.4 Å². The summed E-state index contributed by atoms with van der Waals surface area (Å²) in [6.07, 6.45) is 64.6. The molecule has 3 N–H and O–H groups in total. The zero-order valence-electron chi connectivity index (χ0n) is 40.8. The number of quaternary nitrogens is 1. The second-order valence-corrected chi connectivity index (χ2v) is 18.9. The first-order chi connectivity index (χ1) is 30.5.